The molecule has 3 atom stereocenters. The quantitative estimate of drug-likeness (QED) is 0.673. The van der Waals surface area contributed by atoms with Gasteiger partial charge in [0.1, 0.15) is 5.60 Å². The van der Waals surface area contributed by atoms with Crippen molar-refractivity contribution in [1.29, 1.82) is 0 Å². The zero-order valence-electron chi connectivity index (χ0n) is 16.9. The van der Waals surface area contributed by atoms with Gasteiger partial charge in [-0.05, 0) is 55.9 Å². The van der Waals surface area contributed by atoms with Gasteiger partial charge in [0.05, 0.1) is 0 Å². The summed E-state index contributed by atoms with van der Waals surface area (Å²) in [6.45, 7) is 6.95. The van der Waals surface area contributed by atoms with Crippen molar-refractivity contribution >= 4 is 8.32 Å². The Balaban J connectivity index is 1.85. The van der Waals surface area contributed by atoms with Crippen LogP contribution >= 0.6 is 0 Å². The Morgan fingerprint density at radius 1 is 0.852 bits per heavy atom. The molecule has 1 saturated heterocycles. The summed E-state index contributed by atoms with van der Waals surface area (Å²) in [4.78, 5) is 0. The van der Waals surface area contributed by atoms with Gasteiger partial charge >= 0.3 is 0 Å². The van der Waals surface area contributed by atoms with Gasteiger partial charge in [0.2, 0.25) is 0 Å². The van der Waals surface area contributed by atoms with Gasteiger partial charge in [-0.25, -0.2) is 0 Å². The third-order valence-electron chi connectivity index (χ3n) is 6.23. The Bertz CT molecular complexity index is 686. The molecular weight excluding hydrogens is 346 g/mol. The summed E-state index contributed by atoms with van der Waals surface area (Å²) >= 11 is 0. The minimum atomic E-state index is -1.81. The smallest absolute Gasteiger partial charge is 0.185 e. The molecule has 2 aromatic carbocycles. The lowest BCUT2D eigenvalue weighted by Gasteiger charge is -2.45. The topological polar surface area (TPSA) is 21.3 Å². The summed E-state index contributed by atoms with van der Waals surface area (Å²) in [5.74, 6) is 0.792. The molecule has 27 heavy (non-hydrogen) atoms. The monoisotopic (exact) mass is 379 g/mol. The summed E-state index contributed by atoms with van der Waals surface area (Å²) in [5, 5.41) is 4.05. The van der Waals surface area contributed by atoms with Crippen molar-refractivity contribution in [3.8, 4) is 0 Å². The third-order valence-corrected chi connectivity index (χ3v) is 7.16. The molecule has 0 amide bonds. The molecule has 2 aliphatic rings. The zero-order chi connectivity index (χ0) is 18.9. The van der Waals surface area contributed by atoms with Crippen LogP contribution in [-0.2, 0) is 10.0 Å². The zero-order valence-corrected chi connectivity index (χ0v) is 17.9. The minimum absolute atomic E-state index is 0.321. The molecule has 1 N–H and O–H groups in total. The molecule has 144 valence electrons. The maximum absolute atomic E-state index is 7.16. The lowest BCUT2D eigenvalue weighted by molar-refractivity contribution is 0.0613. The van der Waals surface area contributed by atoms with Crippen LogP contribution in [0.1, 0.15) is 43.2 Å². The van der Waals surface area contributed by atoms with E-state index in [1.165, 1.54) is 43.2 Å². The van der Waals surface area contributed by atoms with Crippen molar-refractivity contribution < 1.29 is 4.43 Å². The Kier molecular flexibility index (Phi) is 5.28. The van der Waals surface area contributed by atoms with Crippen LogP contribution in [0.15, 0.2) is 60.7 Å². The molecule has 1 aliphatic heterocycles. The lowest BCUT2D eigenvalue weighted by atomic mass is 9.77. The van der Waals surface area contributed by atoms with E-state index in [0.29, 0.717) is 12.1 Å². The molecule has 0 bridgehead atoms. The van der Waals surface area contributed by atoms with E-state index >= 15 is 0 Å². The van der Waals surface area contributed by atoms with E-state index in [1.54, 1.807) is 0 Å². The van der Waals surface area contributed by atoms with Crippen molar-refractivity contribution in [1.82, 2.24) is 5.32 Å². The second-order valence-corrected chi connectivity index (χ2v) is 13.7. The SMILES string of the molecule is C[Si](C)(C)OC(c1ccccc1)(c1ccccc1)[C@@H]1C[C@@H]2CCCC[C@@H]2N1. The fourth-order valence-corrected chi connectivity index (χ4v) is 6.58. The highest BCUT2D eigenvalue weighted by Gasteiger charge is 2.51. The largest absolute Gasteiger partial charge is 0.403 e. The van der Waals surface area contributed by atoms with Gasteiger partial charge < -0.3 is 9.74 Å². The maximum Gasteiger partial charge on any atom is 0.185 e. The first-order chi connectivity index (χ1) is 13.0. The maximum atomic E-state index is 7.16. The van der Waals surface area contributed by atoms with Crippen LogP contribution < -0.4 is 5.32 Å². The lowest BCUT2D eigenvalue weighted by Crippen LogP contribution is -2.54. The highest BCUT2D eigenvalue weighted by molar-refractivity contribution is 6.69. The highest BCUT2D eigenvalue weighted by Crippen LogP contribution is 2.46. The van der Waals surface area contributed by atoms with Crippen LogP contribution in [-0.4, -0.2) is 20.4 Å². The molecule has 3 heteroatoms. The average Bonchev–Trinajstić information content (AvgIpc) is 3.11. The number of benzene rings is 2. The average molecular weight is 380 g/mol. The summed E-state index contributed by atoms with van der Waals surface area (Å²) in [6.07, 6.45) is 6.63. The van der Waals surface area contributed by atoms with Crippen molar-refractivity contribution in [2.45, 2.75) is 69.4 Å². The minimum Gasteiger partial charge on any atom is -0.403 e. The number of nitrogens with one attached hydrogen (secondary N) is 1. The first-order valence-electron chi connectivity index (χ1n) is 10.6. The summed E-state index contributed by atoms with van der Waals surface area (Å²) in [7, 11) is -1.81. The van der Waals surface area contributed by atoms with E-state index in [1.807, 2.05) is 0 Å². The summed E-state index contributed by atoms with van der Waals surface area (Å²) < 4.78 is 7.16. The molecule has 1 aliphatic carbocycles. The molecule has 2 nitrogen and oxygen atoms in total. The van der Waals surface area contributed by atoms with Gasteiger partial charge in [0.25, 0.3) is 0 Å². The van der Waals surface area contributed by atoms with Crippen LogP contribution in [0, 0.1) is 5.92 Å². The van der Waals surface area contributed by atoms with Gasteiger partial charge in [0.15, 0.2) is 8.32 Å². The van der Waals surface area contributed by atoms with E-state index < -0.39 is 13.9 Å². The van der Waals surface area contributed by atoms with Crippen molar-refractivity contribution in [2.24, 2.45) is 5.92 Å². The van der Waals surface area contributed by atoms with Crippen LogP contribution in [0.2, 0.25) is 19.6 Å². The second kappa shape index (κ2) is 7.54. The number of hydrogen-bond acceptors (Lipinski definition) is 2. The van der Waals surface area contributed by atoms with Crippen molar-refractivity contribution in [3.05, 3.63) is 71.8 Å². The predicted octanol–water partition coefficient (Wildman–Crippen LogP) is 5.70. The van der Waals surface area contributed by atoms with Crippen LogP contribution in [0.4, 0.5) is 0 Å². The van der Waals surface area contributed by atoms with Crippen LogP contribution in [0.25, 0.3) is 0 Å². The number of hydrogen-bond donors (Lipinski definition) is 1. The van der Waals surface area contributed by atoms with Gasteiger partial charge in [-0.15, -0.1) is 0 Å². The fraction of sp³-hybridized carbons (Fsp3) is 0.500. The summed E-state index contributed by atoms with van der Waals surface area (Å²) in [6, 6.07) is 22.9. The Morgan fingerprint density at radius 2 is 1.41 bits per heavy atom. The molecule has 4 rings (SSSR count). The molecule has 1 heterocycles. The van der Waals surface area contributed by atoms with Crippen LogP contribution in [0.3, 0.4) is 0 Å². The van der Waals surface area contributed by atoms with Gasteiger partial charge in [-0.2, -0.15) is 0 Å². The van der Waals surface area contributed by atoms with Crippen LogP contribution in [0.5, 0.6) is 0 Å². The predicted molar refractivity (Wildman–Crippen MR) is 115 cm³/mol. The van der Waals surface area contributed by atoms with E-state index in [4.69, 9.17) is 4.43 Å². The van der Waals surface area contributed by atoms with E-state index in [9.17, 15) is 0 Å². The number of rotatable bonds is 5. The normalized spacial score (nSPS) is 26.0. The first-order valence-corrected chi connectivity index (χ1v) is 14.0. The van der Waals surface area contributed by atoms with Gasteiger partial charge in [0, 0.05) is 12.1 Å². The standard InChI is InChI=1S/C24H33NOSi/c1-27(2,3)26-24(20-13-6-4-7-14-20,21-15-8-5-9-16-21)23-18-19-12-10-11-17-22(19)25-23/h4-9,13-16,19,22-23,25H,10-12,17-18H2,1-3H3/t19-,22-,23-/m0/s1. The molecule has 0 unspecified atom stereocenters. The van der Waals surface area contributed by atoms with Gasteiger partial charge in [-0.3, -0.25) is 0 Å². The summed E-state index contributed by atoms with van der Waals surface area (Å²) in [5.41, 5.74) is 2.16. The first kappa shape index (κ1) is 18.9. The number of fused-ring (bicyclic) bond motifs is 1. The second-order valence-electron chi connectivity index (χ2n) is 9.29. The molecule has 0 aromatic heterocycles. The Morgan fingerprint density at radius 3 is 1.93 bits per heavy atom. The molecular formula is C24H33NOSi. The van der Waals surface area contributed by atoms with Crippen molar-refractivity contribution in [3.63, 3.8) is 0 Å². The molecule has 0 spiro atoms. The molecule has 2 fully saturated rings. The Labute approximate surface area is 165 Å². The third kappa shape index (κ3) is 3.78. The highest BCUT2D eigenvalue weighted by atomic mass is 28.4. The van der Waals surface area contributed by atoms with Gasteiger partial charge in [-0.1, -0.05) is 73.5 Å². The molecule has 1 saturated carbocycles. The van der Waals surface area contributed by atoms with E-state index in [0.717, 1.165) is 5.92 Å². The molecule has 0 radical (unpaired) electrons. The van der Waals surface area contributed by atoms with E-state index in [2.05, 4.69) is 85.6 Å². The Hall–Kier alpha value is -1.42. The fourth-order valence-electron chi connectivity index (χ4n) is 5.23. The van der Waals surface area contributed by atoms with E-state index in [-0.39, 0.29) is 0 Å². The van der Waals surface area contributed by atoms with Crippen molar-refractivity contribution in [2.75, 3.05) is 0 Å². The molecule has 2 aromatic rings.